The number of ether oxygens (including phenoxy) is 1. The quantitative estimate of drug-likeness (QED) is 0.626. The van der Waals surface area contributed by atoms with Gasteiger partial charge in [0, 0.05) is 34.8 Å². The van der Waals surface area contributed by atoms with Crippen molar-refractivity contribution in [2.24, 2.45) is 0 Å². The lowest BCUT2D eigenvalue weighted by molar-refractivity contribution is -0.117. The van der Waals surface area contributed by atoms with Crippen LogP contribution in [0.1, 0.15) is 18.7 Å². The zero-order valence-corrected chi connectivity index (χ0v) is 15.5. The molecule has 0 saturated carbocycles. The van der Waals surface area contributed by atoms with Crippen LogP contribution in [0.3, 0.4) is 0 Å². The lowest BCUT2D eigenvalue weighted by Gasteiger charge is -2.16. The molecule has 2 heterocycles. The van der Waals surface area contributed by atoms with Crippen molar-refractivity contribution in [2.75, 3.05) is 11.4 Å². The summed E-state index contributed by atoms with van der Waals surface area (Å²) in [4.78, 5) is 18.0. The third-order valence-electron chi connectivity index (χ3n) is 4.12. The lowest BCUT2D eigenvalue weighted by Crippen LogP contribution is -2.23. The minimum absolute atomic E-state index is 0.151. The number of amides is 1. The van der Waals surface area contributed by atoms with E-state index in [1.165, 1.54) is 0 Å². The van der Waals surface area contributed by atoms with E-state index in [9.17, 15) is 4.79 Å². The fraction of sp³-hybridized carbons (Fsp3) is 0.211. The summed E-state index contributed by atoms with van der Waals surface area (Å²) in [6.07, 6.45) is 1.50. The van der Waals surface area contributed by atoms with E-state index in [0.29, 0.717) is 23.9 Å². The van der Waals surface area contributed by atoms with Crippen LogP contribution in [0.25, 0.3) is 11.4 Å². The van der Waals surface area contributed by atoms with Gasteiger partial charge >= 0.3 is 0 Å². The van der Waals surface area contributed by atoms with Crippen molar-refractivity contribution in [3.63, 3.8) is 0 Å². The molecule has 0 bridgehead atoms. The molecule has 0 spiro atoms. The second-order valence-electron chi connectivity index (χ2n) is 5.96. The normalized spacial score (nSPS) is 14.0. The molecule has 1 fully saturated rings. The highest BCUT2D eigenvalue weighted by Crippen LogP contribution is 2.26. The highest BCUT2D eigenvalue weighted by molar-refractivity contribution is 9.10. The van der Waals surface area contributed by atoms with E-state index < -0.39 is 0 Å². The van der Waals surface area contributed by atoms with Crippen LogP contribution in [0, 0.1) is 0 Å². The molecule has 26 heavy (non-hydrogen) atoms. The van der Waals surface area contributed by atoms with Crippen LogP contribution in [-0.2, 0) is 11.4 Å². The zero-order valence-electron chi connectivity index (χ0n) is 13.9. The Morgan fingerprint density at radius 3 is 2.88 bits per heavy atom. The van der Waals surface area contributed by atoms with Crippen LogP contribution in [0.15, 0.2) is 57.5 Å². The number of nitrogens with zero attached hydrogens (tertiary/aromatic N) is 3. The van der Waals surface area contributed by atoms with Gasteiger partial charge in [-0.25, -0.2) is 0 Å². The van der Waals surface area contributed by atoms with Crippen LogP contribution >= 0.6 is 15.9 Å². The van der Waals surface area contributed by atoms with Crippen LogP contribution in [0.4, 0.5) is 5.69 Å². The van der Waals surface area contributed by atoms with Gasteiger partial charge in [-0.2, -0.15) is 4.98 Å². The molecule has 0 N–H and O–H groups in total. The number of aromatic nitrogens is 2. The van der Waals surface area contributed by atoms with Gasteiger partial charge in [0.25, 0.3) is 5.89 Å². The maximum Gasteiger partial charge on any atom is 0.264 e. The summed E-state index contributed by atoms with van der Waals surface area (Å²) < 4.78 is 12.0. The summed E-state index contributed by atoms with van der Waals surface area (Å²) in [7, 11) is 0. The minimum atomic E-state index is 0.151. The van der Waals surface area contributed by atoms with Crippen molar-refractivity contribution >= 4 is 27.5 Å². The Morgan fingerprint density at radius 2 is 2.08 bits per heavy atom. The molecule has 3 aromatic rings. The Balaban J connectivity index is 1.44. The Kier molecular flexibility index (Phi) is 4.71. The first-order chi connectivity index (χ1) is 12.7. The van der Waals surface area contributed by atoms with E-state index >= 15 is 0 Å². The van der Waals surface area contributed by atoms with Gasteiger partial charge in [-0.1, -0.05) is 39.3 Å². The van der Waals surface area contributed by atoms with Crippen LogP contribution < -0.4 is 9.64 Å². The average Bonchev–Trinajstić information content (AvgIpc) is 3.29. The van der Waals surface area contributed by atoms with Gasteiger partial charge in [-0.15, -0.1) is 0 Å². The van der Waals surface area contributed by atoms with Crippen molar-refractivity contribution in [3.05, 3.63) is 58.9 Å². The highest BCUT2D eigenvalue weighted by atomic mass is 79.9. The molecule has 2 aromatic carbocycles. The molecule has 0 radical (unpaired) electrons. The molecule has 132 valence electrons. The predicted octanol–water partition coefficient (Wildman–Crippen LogP) is 4.20. The molecule has 0 atom stereocenters. The minimum Gasteiger partial charge on any atom is -0.484 e. The maximum absolute atomic E-state index is 11.9. The number of benzene rings is 2. The van der Waals surface area contributed by atoms with E-state index in [0.717, 1.165) is 28.7 Å². The summed E-state index contributed by atoms with van der Waals surface area (Å²) in [5.41, 5.74) is 1.72. The Labute approximate surface area is 158 Å². The SMILES string of the molecule is O=C1CCCN1c1cccc(OCc2nc(-c3cccc(Br)c3)no2)c1. The molecular formula is C19H16BrN3O3. The summed E-state index contributed by atoms with van der Waals surface area (Å²) in [5, 5.41) is 3.99. The van der Waals surface area contributed by atoms with E-state index in [1.807, 2.05) is 48.5 Å². The van der Waals surface area contributed by atoms with Gasteiger partial charge in [0.15, 0.2) is 6.61 Å². The molecule has 1 amide bonds. The summed E-state index contributed by atoms with van der Waals surface area (Å²) >= 11 is 3.43. The molecule has 4 rings (SSSR count). The number of anilines is 1. The molecule has 1 aromatic heterocycles. The van der Waals surface area contributed by atoms with Gasteiger partial charge in [-0.05, 0) is 30.7 Å². The largest absolute Gasteiger partial charge is 0.484 e. The van der Waals surface area contributed by atoms with E-state index in [1.54, 1.807) is 4.90 Å². The molecule has 6 nitrogen and oxygen atoms in total. The number of carbonyl (C=O) groups excluding carboxylic acids is 1. The molecular weight excluding hydrogens is 398 g/mol. The Morgan fingerprint density at radius 1 is 1.19 bits per heavy atom. The number of hydrogen-bond donors (Lipinski definition) is 0. The molecule has 0 unspecified atom stereocenters. The monoisotopic (exact) mass is 413 g/mol. The molecule has 1 aliphatic rings. The summed E-state index contributed by atoms with van der Waals surface area (Å²) in [6.45, 7) is 0.917. The predicted molar refractivity (Wildman–Crippen MR) is 99.8 cm³/mol. The number of halogens is 1. The Bertz CT molecular complexity index is 941. The van der Waals surface area contributed by atoms with Crippen LogP contribution in [-0.4, -0.2) is 22.6 Å². The average molecular weight is 414 g/mol. The van der Waals surface area contributed by atoms with Crippen LogP contribution in [0.2, 0.25) is 0 Å². The molecule has 1 aliphatic heterocycles. The standard InChI is InChI=1S/C19H16BrN3O3/c20-14-5-1-4-13(10-14)19-21-17(26-22-19)12-25-16-7-2-6-15(11-16)23-9-3-8-18(23)24/h1-2,4-7,10-11H,3,8-9,12H2. The fourth-order valence-corrected chi connectivity index (χ4v) is 3.26. The molecule has 0 aliphatic carbocycles. The first-order valence-electron chi connectivity index (χ1n) is 8.31. The second kappa shape index (κ2) is 7.29. The highest BCUT2D eigenvalue weighted by Gasteiger charge is 2.21. The van der Waals surface area contributed by atoms with Crippen LogP contribution in [0.5, 0.6) is 5.75 Å². The maximum atomic E-state index is 11.9. The lowest BCUT2D eigenvalue weighted by atomic mass is 10.2. The topological polar surface area (TPSA) is 68.5 Å². The zero-order chi connectivity index (χ0) is 17.9. The number of hydrogen-bond acceptors (Lipinski definition) is 5. The van der Waals surface area contributed by atoms with Gasteiger partial charge in [0.05, 0.1) is 0 Å². The van der Waals surface area contributed by atoms with Crippen molar-refractivity contribution in [1.29, 1.82) is 0 Å². The summed E-state index contributed by atoms with van der Waals surface area (Å²) in [5.74, 6) is 1.71. The van der Waals surface area contributed by atoms with Gasteiger partial charge in [0.2, 0.25) is 11.7 Å². The van der Waals surface area contributed by atoms with Crippen molar-refractivity contribution in [2.45, 2.75) is 19.4 Å². The van der Waals surface area contributed by atoms with Gasteiger partial charge in [0.1, 0.15) is 5.75 Å². The third-order valence-corrected chi connectivity index (χ3v) is 4.61. The first-order valence-corrected chi connectivity index (χ1v) is 9.10. The van der Waals surface area contributed by atoms with Gasteiger partial charge in [-0.3, -0.25) is 4.79 Å². The smallest absolute Gasteiger partial charge is 0.264 e. The van der Waals surface area contributed by atoms with Crippen molar-refractivity contribution in [1.82, 2.24) is 10.1 Å². The third kappa shape index (κ3) is 3.62. The van der Waals surface area contributed by atoms with Crippen molar-refractivity contribution in [3.8, 4) is 17.1 Å². The number of carbonyl (C=O) groups is 1. The summed E-state index contributed by atoms with van der Waals surface area (Å²) in [6, 6.07) is 15.2. The van der Waals surface area contributed by atoms with E-state index in [4.69, 9.17) is 9.26 Å². The van der Waals surface area contributed by atoms with Crippen molar-refractivity contribution < 1.29 is 14.1 Å². The second-order valence-corrected chi connectivity index (χ2v) is 6.87. The molecule has 1 saturated heterocycles. The number of rotatable bonds is 5. The Hall–Kier alpha value is -2.67. The van der Waals surface area contributed by atoms with E-state index in [2.05, 4.69) is 26.1 Å². The molecule has 7 heteroatoms. The van der Waals surface area contributed by atoms with Gasteiger partial charge < -0.3 is 14.2 Å². The van der Waals surface area contributed by atoms with E-state index in [-0.39, 0.29) is 12.5 Å². The fourth-order valence-electron chi connectivity index (χ4n) is 2.87. The first kappa shape index (κ1) is 16.8.